The summed E-state index contributed by atoms with van der Waals surface area (Å²) in [4.78, 5) is 30.9. The van der Waals surface area contributed by atoms with Crippen molar-refractivity contribution < 1.29 is 9.59 Å². The summed E-state index contributed by atoms with van der Waals surface area (Å²) in [6, 6.07) is 11.3. The van der Waals surface area contributed by atoms with Gasteiger partial charge in [0.1, 0.15) is 0 Å². The number of carbonyl (C=O) groups is 2. The van der Waals surface area contributed by atoms with E-state index in [0.29, 0.717) is 17.1 Å². The van der Waals surface area contributed by atoms with Gasteiger partial charge in [-0.05, 0) is 42.8 Å². The second-order valence-corrected chi connectivity index (χ2v) is 8.51. The number of hydrogen-bond donors (Lipinski definition) is 1. The van der Waals surface area contributed by atoms with Crippen molar-refractivity contribution >= 4 is 41.0 Å². The Labute approximate surface area is 168 Å². The second kappa shape index (κ2) is 9.80. The van der Waals surface area contributed by atoms with Crippen molar-refractivity contribution in [2.45, 2.75) is 12.7 Å². The quantitative estimate of drug-likeness (QED) is 0.803. The molecular formula is C20H23N3O2S2. The number of pyridine rings is 1. The van der Waals surface area contributed by atoms with Crippen LogP contribution in [0.5, 0.6) is 0 Å². The Morgan fingerprint density at radius 2 is 2.04 bits per heavy atom. The number of amides is 2. The number of nitrogens with zero attached hydrogens (tertiary/aromatic N) is 2. The average Bonchev–Trinajstić information content (AvgIpc) is 2.70. The summed E-state index contributed by atoms with van der Waals surface area (Å²) in [5.74, 6) is 3.08. The average molecular weight is 402 g/mol. The van der Waals surface area contributed by atoms with E-state index >= 15 is 0 Å². The van der Waals surface area contributed by atoms with Gasteiger partial charge in [-0.1, -0.05) is 6.07 Å². The van der Waals surface area contributed by atoms with Gasteiger partial charge < -0.3 is 10.2 Å². The predicted molar refractivity (Wildman–Crippen MR) is 113 cm³/mol. The lowest BCUT2D eigenvalue weighted by atomic mass is 10.1. The molecule has 5 nitrogen and oxygen atoms in total. The van der Waals surface area contributed by atoms with E-state index in [1.165, 1.54) is 11.8 Å². The van der Waals surface area contributed by atoms with Crippen LogP contribution in [0.3, 0.4) is 0 Å². The van der Waals surface area contributed by atoms with Crippen LogP contribution in [0, 0.1) is 6.92 Å². The molecule has 1 aliphatic heterocycles. The maximum absolute atomic E-state index is 12.6. The van der Waals surface area contributed by atoms with Gasteiger partial charge in [-0.2, -0.15) is 11.8 Å². The standard InChI is InChI=1S/C20H23N3O2S2/c1-15-12-16(20(25)23-8-10-26-11-9-23)5-6-18(15)22-19(24)14-27-13-17-4-2-3-7-21-17/h2-7,12H,8-11,13-14H2,1H3,(H,22,24). The van der Waals surface area contributed by atoms with E-state index in [-0.39, 0.29) is 11.8 Å². The topological polar surface area (TPSA) is 62.3 Å². The van der Waals surface area contributed by atoms with Crippen molar-refractivity contribution in [3.8, 4) is 0 Å². The smallest absolute Gasteiger partial charge is 0.253 e. The molecule has 1 N–H and O–H groups in total. The molecule has 0 aliphatic carbocycles. The molecule has 0 spiro atoms. The number of hydrogen-bond acceptors (Lipinski definition) is 5. The molecule has 1 saturated heterocycles. The zero-order chi connectivity index (χ0) is 19.1. The Morgan fingerprint density at radius 1 is 1.22 bits per heavy atom. The molecule has 27 heavy (non-hydrogen) atoms. The van der Waals surface area contributed by atoms with Crippen LogP contribution < -0.4 is 5.32 Å². The Hall–Kier alpha value is -1.99. The summed E-state index contributed by atoms with van der Waals surface area (Å²) in [5, 5.41) is 2.93. The number of carbonyl (C=O) groups excluding carboxylic acids is 2. The molecule has 2 heterocycles. The first-order valence-corrected chi connectivity index (χ1v) is 11.2. The molecular weight excluding hydrogens is 378 g/mol. The van der Waals surface area contributed by atoms with E-state index in [4.69, 9.17) is 0 Å². The summed E-state index contributed by atoms with van der Waals surface area (Å²) in [6.45, 7) is 3.52. The third-order valence-corrected chi connectivity index (χ3v) is 6.16. The predicted octanol–water partition coefficient (Wildman–Crippen LogP) is 3.45. The van der Waals surface area contributed by atoms with Gasteiger partial charge in [-0.3, -0.25) is 14.6 Å². The fourth-order valence-electron chi connectivity index (χ4n) is 2.80. The van der Waals surface area contributed by atoms with Crippen molar-refractivity contribution in [2.75, 3.05) is 35.7 Å². The van der Waals surface area contributed by atoms with Crippen LogP contribution >= 0.6 is 23.5 Å². The fraction of sp³-hybridized carbons (Fsp3) is 0.350. The molecule has 2 amide bonds. The number of aryl methyl sites for hydroxylation is 1. The zero-order valence-corrected chi connectivity index (χ0v) is 16.9. The van der Waals surface area contributed by atoms with Gasteiger partial charge in [-0.25, -0.2) is 0 Å². The molecule has 3 rings (SSSR count). The van der Waals surface area contributed by atoms with Gasteiger partial charge in [0, 0.05) is 47.8 Å². The zero-order valence-electron chi connectivity index (χ0n) is 15.3. The molecule has 2 aromatic rings. The van der Waals surface area contributed by atoms with Crippen LogP contribution in [0.25, 0.3) is 0 Å². The van der Waals surface area contributed by atoms with Gasteiger partial charge in [0.05, 0.1) is 11.4 Å². The van der Waals surface area contributed by atoms with Crippen molar-refractivity contribution in [1.82, 2.24) is 9.88 Å². The Bertz CT molecular complexity index is 793. The minimum Gasteiger partial charge on any atom is -0.337 e. The molecule has 0 atom stereocenters. The van der Waals surface area contributed by atoms with Crippen molar-refractivity contribution in [3.05, 3.63) is 59.4 Å². The number of benzene rings is 1. The lowest BCUT2D eigenvalue weighted by Gasteiger charge is -2.26. The maximum Gasteiger partial charge on any atom is 0.253 e. The molecule has 0 bridgehead atoms. The Morgan fingerprint density at radius 3 is 2.74 bits per heavy atom. The van der Waals surface area contributed by atoms with Gasteiger partial charge in [0.25, 0.3) is 5.91 Å². The highest BCUT2D eigenvalue weighted by molar-refractivity contribution is 7.99. The third-order valence-electron chi connectivity index (χ3n) is 4.25. The first-order valence-electron chi connectivity index (χ1n) is 8.88. The summed E-state index contributed by atoms with van der Waals surface area (Å²) in [6.07, 6.45) is 1.75. The highest BCUT2D eigenvalue weighted by Gasteiger charge is 2.19. The molecule has 1 aromatic carbocycles. The van der Waals surface area contributed by atoms with Crippen LogP contribution in [0.2, 0.25) is 0 Å². The monoisotopic (exact) mass is 401 g/mol. The number of rotatable bonds is 6. The second-order valence-electron chi connectivity index (χ2n) is 6.30. The molecule has 1 fully saturated rings. The SMILES string of the molecule is Cc1cc(C(=O)N2CCSCC2)ccc1NC(=O)CSCc1ccccn1. The minimum absolute atomic E-state index is 0.0498. The molecule has 1 aliphatic rings. The van der Waals surface area contributed by atoms with E-state index in [1.807, 2.05) is 53.9 Å². The highest BCUT2D eigenvalue weighted by atomic mass is 32.2. The number of anilines is 1. The van der Waals surface area contributed by atoms with E-state index in [0.717, 1.165) is 41.5 Å². The summed E-state index contributed by atoms with van der Waals surface area (Å²) in [5.41, 5.74) is 3.30. The fourth-order valence-corrected chi connectivity index (χ4v) is 4.45. The van der Waals surface area contributed by atoms with Crippen LogP contribution in [0.1, 0.15) is 21.6 Å². The summed E-state index contributed by atoms with van der Waals surface area (Å²) in [7, 11) is 0. The van der Waals surface area contributed by atoms with Crippen LogP contribution in [0.15, 0.2) is 42.6 Å². The van der Waals surface area contributed by atoms with Gasteiger partial charge >= 0.3 is 0 Å². The number of thioether (sulfide) groups is 2. The van der Waals surface area contributed by atoms with Crippen LogP contribution in [0.4, 0.5) is 5.69 Å². The summed E-state index contributed by atoms with van der Waals surface area (Å²) < 4.78 is 0. The largest absolute Gasteiger partial charge is 0.337 e. The van der Waals surface area contributed by atoms with Crippen LogP contribution in [-0.2, 0) is 10.5 Å². The van der Waals surface area contributed by atoms with Gasteiger partial charge in [0.15, 0.2) is 0 Å². The third kappa shape index (κ3) is 5.74. The lowest BCUT2D eigenvalue weighted by molar-refractivity contribution is -0.113. The van der Waals surface area contributed by atoms with E-state index < -0.39 is 0 Å². The van der Waals surface area contributed by atoms with Crippen molar-refractivity contribution in [3.63, 3.8) is 0 Å². The first kappa shape index (κ1) is 19.8. The molecule has 142 valence electrons. The highest BCUT2D eigenvalue weighted by Crippen LogP contribution is 2.20. The van der Waals surface area contributed by atoms with E-state index in [9.17, 15) is 9.59 Å². The van der Waals surface area contributed by atoms with Crippen molar-refractivity contribution in [1.29, 1.82) is 0 Å². The lowest BCUT2D eigenvalue weighted by Crippen LogP contribution is -2.37. The molecule has 0 saturated carbocycles. The van der Waals surface area contributed by atoms with Crippen molar-refractivity contribution in [2.24, 2.45) is 0 Å². The summed E-state index contributed by atoms with van der Waals surface area (Å²) >= 11 is 3.41. The van der Waals surface area contributed by atoms with E-state index in [1.54, 1.807) is 12.3 Å². The maximum atomic E-state index is 12.6. The Balaban J connectivity index is 1.52. The normalized spacial score (nSPS) is 14.0. The van der Waals surface area contributed by atoms with E-state index in [2.05, 4.69) is 10.3 Å². The molecule has 1 aromatic heterocycles. The Kier molecular flexibility index (Phi) is 7.18. The molecule has 0 unspecified atom stereocenters. The molecule has 7 heteroatoms. The first-order chi connectivity index (χ1) is 13.1. The molecule has 0 radical (unpaired) electrons. The van der Waals surface area contributed by atoms with Crippen LogP contribution in [-0.4, -0.2) is 52.0 Å². The number of nitrogens with one attached hydrogen (secondary N) is 1. The van der Waals surface area contributed by atoms with Gasteiger partial charge in [0.2, 0.25) is 5.91 Å². The van der Waals surface area contributed by atoms with Gasteiger partial charge in [-0.15, -0.1) is 11.8 Å². The number of aromatic nitrogens is 1. The minimum atomic E-state index is -0.0498.